The molecule has 4 nitrogen and oxygen atoms in total. The van der Waals surface area contributed by atoms with E-state index >= 15 is 0 Å². The van der Waals surface area contributed by atoms with Crippen LogP contribution in [0.5, 0.6) is 0 Å². The van der Waals surface area contributed by atoms with E-state index in [1.807, 2.05) is 19.1 Å². The number of rotatable bonds is 1. The number of oxazole rings is 1. The van der Waals surface area contributed by atoms with Crippen LogP contribution in [0.3, 0.4) is 0 Å². The molecule has 1 aliphatic heterocycles. The third kappa shape index (κ3) is 1.46. The Hall–Kier alpha value is -1.55. The fourth-order valence-electron chi connectivity index (χ4n) is 2.31. The molecule has 0 amide bonds. The monoisotopic (exact) mass is 217 g/mol. The van der Waals surface area contributed by atoms with Gasteiger partial charge >= 0.3 is 0 Å². The molecule has 2 N–H and O–H groups in total. The molecule has 0 radical (unpaired) electrons. The molecule has 1 unspecified atom stereocenters. The number of aryl methyl sites for hydroxylation is 1. The Morgan fingerprint density at radius 2 is 2.38 bits per heavy atom. The van der Waals surface area contributed by atoms with Crippen molar-refractivity contribution in [2.75, 3.05) is 18.0 Å². The Labute approximate surface area is 94.0 Å². The largest absolute Gasteiger partial charge is 0.441 e. The Morgan fingerprint density at radius 3 is 3.12 bits per heavy atom. The number of anilines is 1. The van der Waals surface area contributed by atoms with E-state index in [1.165, 1.54) is 0 Å². The van der Waals surface area contributed by atoms with Crippen LogP contribution < -0.4 is 10.6 Å². The third-order valence-electron chi connectivity index (χ3n) is 3.07. The molecule has 1 fully saturated rings. The molecule has 0 bridgehead atoms. The Bertz CT molecular complexity index is 520. The summed E-state index contributed by atoms with van der Waals surface area (Å²) in [5, 5.41) is 0. The summed E-state index contributed by atoms with van der Waals surface area (Å²) in [6, 6.07) is 6.33. The van der Waals surface area contributed by atoms with Gasteiger partial charge in [-0.15, -0.1) is 0 Å². The van der Waals surface area contributed by atoms with Crippen molar-refractivity contribution in [3.8, 4) is 0 Å². The van der Waals surface area contributed by atoms with Crippen LogP contribution in [-0.4, -0.2) is 24.1 Å². The maximum Gasteiger partial charge on any atom is 0.192 e. The van der Waals surface area contributed by atoms with Gasteiger partial charge in [-0.05, 0) is 18.6 Å². The van der Waals surface area contributed by atoms with Gasteiger partial charge in [-0.2, -0.15) is 0 Å². The second-order valence-electron chi connectivity index (χ2n) is 4.35. The number of nitrogens with zero attached hydrogens (tertiary/aromatic N) is 2. The standard InChI is InChI=1S/C12H15N3O/c1-8-14-12-10(3-2-4-11(12)16-8)15-6-5-9(13)7-15/h2-4,9H,5-7,13H2,1H3. The Balaban J connectivity index is 2.09. The molecule has 0 saturated carbocycles. The SMILES string of the molecule is Cc1nc2c(N3CCC(N)C3)cccc2o1. The lowest BCUT2D eigenvalue weighted by atomic mass is 10.2. The molecule has 1 aliphatic rings. The van der Waals surface area contributed by atoms with Crippen LogP contribution >= 0.6 is 0 Å². The lowest BCUT2D eigenvalue weighted by Gasteiger charge is -2.17. The minimum Gasteiger partial charge on any atom is -0.441 e. The highest BCUT2D eigenvalue weighted by Gasteiger charge is 2.22. The molecule has 2 heterocycles. The van der Waals surface area contributed by atoms with Gasteiger partial charge in [-0.1, -0.05) is 6.07 Å². The number of nitrogens with two attached hydrogens (primary N) is 1. The molecule has 1 aromatic heterocycles. The van der Waals surface area contributed by atoms with E-state index in [0.717, 1.165) is 36.3 Å². The predicted molar refractivity (Wildman–Crippen MR) is 63.6 cm³/mol. The second kappa shape index (κ2) is 3.49. The summed E-state index contributed by atoms with van der Waals surface area (Å²) in [5.41, 5.74) is 8.88. The first kappa shape index (κ1) is 9.66. The highest BCUT2D eigenvalue weighted by molar-refractivity contribution is 5.87. The predicted octanol–water partition coefficient (Wildman–Crippen LogP) is 1.67. The quantitative estimate of drug-likeness (QED) is 0.789. The van der Waals surface area contributed by atoms with E-state index in [1.54, 1.807) is 0 Å². The molecule has 84 valence electrons. The average molecular weight is 217 g/mol. The van der Waals surface area contributed by atoms with Gasteiger partial charge in [0.05, 0.1) is 5.69 Å². The minimum absolute atomic E-state index is 0.281. The lowest BCUT2D eigenvalue weighted by molar-refractivity contribution is 0.561. The van der Waals surface area contributed by atoms with Crippen LogP contribution in [0.1, 0.15) is 12.3 Å². The van der Waals surface area contributed by atoms with E-state index in [4.69, 9.17) is 10.2 Å². The van der Waals surface area contributed by atoms with Gasteiger partial charge in [0.2, 0.25) is 0 Å². The number of benzene rings is 1. The molecular weight excluding hydrogens is 202 g/mol. The molecule has 2 aromatic rings. The van der Waals surface area contributed by atoms with Crippen LogP contribution in [0.15, 0.2) is 22.6 Å². The number of aromatic nitrogens is 1. The zero-order valence-corrected chi connectivity index (χ0v) is 9.31. The van der Waals surface area contributed by atoms with E-state index in [-0.39, 0.29) is 6.04 Å². The highest BCUT2D eigenvalue weighted by atomic mass is 16.3. The van der Waals surface area contributed by atoms with Crippen molar-refractivity contribution in [1.29, 1.82) is 0 Å². The number of para-hydroxylation sites is 1. The van der Waals surface area contributed by atoms with Crippen molar-refractivity contribution in [1.82, 2.24) is 4.98 Å². The smallest absolute Gasteiger partial charge is 0.192 e. The van der Waals surface area contributed by atoms with Gasteiger partial charge in [0.1, 0.15) is 5.52 Å². The molecule has 1 aromatic carbocycles. The first-order valence-electron chi connectivity index (χ1n) is 5.61. The van der Waals surface area contributed by atoms with Gasteiger partial charge < -0.3 is 15.1 Å². The van der Waals surface area contributed by atoms with E-state index in [0.29, 0.717) is 5.89 Å². The van der Waals surface area contributed by atoms with E-state index in [2.05, 4.69) is 16.0 Å². The van der Waals surface area contributed by atoms with Crippen LogP contribution in [0.25, 0.3) is 11.1 Å². The number of hydrogen-bond acceptors (Lipinski definition) is 4. The lowest BCUT2D eigenvalue weighted by Crippen LogP contribution is -2.26. The summed E-state index contributed by atoms with van der Waals surface area (Å²) in [6.45, 7) is 3.79. The maximum absolute atomic E-state index is 5.93. The summed E-state index contributed by atoms with van der Waals surface area (Å²) < 4.78 is 5.53. The fourth-order valence-corrected chi connectivity index (χ4v) is 2.31. The van der Waals surface area contributed by atoms with E-state index in [9.17, 15) is 0 Å². The van der Waals surface area contributed by atoms with Crippen molar-refractivity contribution in [3.63, 3.8) is 0 Å². The van der Waals surface area contributed by atoms with Gasteiger partial charge in [0.25, 0.3) is 0 Å². The summed E-state index contributed by atoms with van der Waals surface area (Å²) in [5.74, 6) is 0.714. The normalized spacial score (nSPS) is 20.9. The molecule has 4 heteroatoms. The first-order chi connectivity index (χ1) is 7.74. The fraction of sp³-hybridized carbons (Fsp3) is 0.417. The first-order valence-corrected chi connectivity index (χ1v) is 5.61. The van der Waals surface area contributed by atoms with Gasteiger partial charge in [-0.3, -0.25) is 0 Å². The minimum atomic E-state index is 0.281. The van der Waals surface area contributed by atoms with Gasteiger partial charge in [0, 0.05) is 26.1 Å². The second-order valence-corrected chi connectivity index (χ2v) is 4.35. The van der Waals surface area contributed by atoms with Crippen molar-refractivity contribution < 1.29 is 4.42 Å². The molecule has 16 heavy (non-hydrogen) atoms. The van der Waals surface area contributed by atoms with Crippen molar-refractivity contribution in [2.24, 2.45) is 5.73 Å². The highest BCUT2D eigenvalue weighted by Crippen LogP contribution is 2.28. The van der Waals surface area contributed by atoms with E-state index < -0.39 is 0 Å². The van der Waals surface area contributed by atoms with Crippen LogP contribution in [0, 0.1) is 6.92 Å². The maximum atomic E-state index is 5.93. The zero-order chi connectivity index (χ0) is 11.1. The average Bonchev–Trinajstić information content (AvgIpc) is 2.82. The number of hydrogen-bond donors (Lipinski definition) is 1. The molecule has 1 saturated heterocycles. The Kier molecular flexibility index (Phi) is 2.11. The summed E-state index contributed by atoms with van der Waals surface area (Å²) in [7, 11) is 0. The van der Waals surface area contributed by atoms with Crippen molar-refractivity contribution >= 4 is 16.8 Å². The molecule has 3 rings (SSSR count). The number of fused-ring (bicyclic) bond motifs is 1. The summed E-state index contributed by atoms with van der Waals surface area (Å²) >= 11 is 0. The molecule has 0 aliphatic carbocycles. The van der Waals surface area contributed by atoms with Crippen LogP contribution in [0.4, 0.5) is 5.69 Å². The molecule has 1 atom stereocenters. The summed E-state index contributed by atoms with van der Waals surface area (Å²) in [6.07, 6.45) is 1.05. The molecule has 0 spiro atoms. The van der Waals surface area contributed by atoms with Crippen LogP contribution in [-0.2, 0) is 0 Å². The Morgan fingerprint density at radius 1 is 1.50 bits per heavy atom. The van der Waals surface area contributed by atoms with Crippen molar-refractivity contribution in [2.45, 2.75) is 19.4 Å². The molecular formula is C12H15N3O. The van der Waals surface area contributed by atoms with Gasteiger partial charge in [-0.25, -0.2) is 4.98 Å². The summed E-state index contributed by atoms with van der Waals surface area (Å²) in [4.78, 5) is 6.72. The third-order valence-corrected chi connectivity index (χ3v) is 3.07. The van der Waals surface area contributed by atoms with Crippen LogP contribution in [0.2, 0.25) is 0 Å². The topological polar surface area (TPSA) is 55.3 Å². The zero-order valence-electron chi connectivity index (χ0n) is 9.31. The van der Waals surface area contributed by atoms with Gasteiger partial charge in [0.15, 0.2) is 11.5 Å². The van der Waals surface area contributed by atoms with Crippen molar-refractivity contribution in [3.05, 3.63) is 24.1 Å².